The Hall–Kier alpha value is -3.01. The van der Waals surface area contributed by atoms with Crippen LogP contribution < -0.4 is 4.90 Å². The fourth-order valence-electron chi connectivity index (χ4n) is 3.48. The van der Waals surface area contributed by atoms with E-state index < -0.39 is 0 Å². The molecule has 3 rings (SSSR count). The van der Waals surface area contributed by atoms with Gasteiger partial charge in [0.2, 0.25) is 0 Å². The largest absolute Gasteiger partial charge is 0.504 e. The second-order valence-corrected chi connectivity index (χ2v) is 6.96. The quantitative estimate of drug-likeness (QED) is 0.459. The first-order valence-corrected chi connectivity index (χ1v) is 9.04. The van der Waals surface area contributed by atoms with E-state index in [1.165, 1.54) is 28.8 Å². The molecule has 1 atom stereocenters. The highest BCUT2D eigenvalue weighted by atomic mass is 16.5. The number of rotatable bonds is 7. The van der Waals surface area contributed by atoms with Crippen LogP contribution in [0.15, 0.2) is 67.1 Å². The van der Waals surface area contributed by atoms with Crippen molar-refractivity contribution in [3.8, 4) is 0 Å². The second kappa shape index (κ2) is 8.12. The summed E-state index contributed by atoms with van der Waals surface area (Å²) < 4.78 is 7.04. The molecule has 0 saturated carbocycles. The van der Waals surface area contributed by atoms with Gasteiger partial charge < -0.3 is 14.2 Å². The number of allylic oxidation sites excluding steroid dienone is 1. The van der Waals surface area contributed by atoms with E-state index in [-0.39, 0.29) is 11.7 Å². The Morgan fingerprint density at radius 3 is 2.52 bits per heavy atom. The molecule has 3 aromatic rings. The van der Waals surface area contributed by atoms with E-state index in [4.69, 9.17) is 4.74 Å². The maximum absolute atomic E-state index is 12.5. The van der Waals surface area contributed by atoms with Crippen LogP contribution in [-0.4, -0.2) is 31.6 Å². The van der Waals surface area contributed by atoms with E-state index >= 15 is 0 Å². The zero-order valence-corrected chi connectivity index (χ0v) is 16.3. The summed E-state index contributed by atoms with van der Waals surface area (Å²) in [6.45, 7) is 0. The van der Waals surface area contributed by atoms with Crippen molar-refractivity contribution < 1.29 is 9.53 Å². The van der Waals surface area contributed by atoms with Crippen molar-refractivity contribution in [1.82, 2.24) is 4.57 Å². The Balaban J connectivity index is 2.06. The molecule has 0 saturated heterocycles. The van der Waals surface area contributed by atoms with E-state index in [9.17, 15) is 4.79 Å². The van der Waals surface area contributed by atoms with Gasteiger partial charge in [0.15, 0.2) is 5.78 Å². The van der Waals surface area contributed by atoms with Gasteiger partial charge in [0.1, 0.15) is 0 Å². The van der Waals surface area contributed by atoms with Crippen LogP contribution in [-0.2, 0) is 16.6 Å². The molecule has 140 valence electrons. The number of hydrogen-bond donors (Lipinski definition) is 0. The summed E-state index contributed by atoms with van der Waals surface area (Å²) in [6, 6.07) is 16.8. The van der Waals surface area contributed by atoms with Gasteiger partial charge in [-0.1, -0.05) is 30.3 Å². The lowest BCUT2D eigenvalue weighted by Gasteiger charge is -2.18. The first kappa shape index (κ1) is 18.8. The third kappa shape index (κ3) is 4.05. The monoisotopic (exact) mass is 362 g/mol. The molecule has 2 aromatic carbocycles. The average molecular weight is 362 g/mol. The summed E-state index contributed by atoms with van der Waals surface area (Å²) in [4.78, 5) is 14.6. The number of ether oxygens (including phenoxy) is 1. The lowest BCUT2D eigenvalue weighted by atomic mass is 9.86. The Kier molecular flexibility index (Phi) is 5.65. The molecule has 0 radical (unpaired) electrons. The van der Waals surface area contributed by atoms with Crippen LogP contribution in [0.5, 0.6) is 0 Å². The zero-order chi connectivity index (χ0) is 19.4. The number of methoxy groups -OCH3 is 1. The zero-order valence-electron chi connectivity index (χ0n) is 16.3. The number of ketones is 1. The van der Waals surface area contributed by atoms with Crippen molar-refractivity contribution in [3.63, 3.8) is 0 Å². The topological polar surface area (TPSA) is 34.5 Å². The first-order chi connectivity index (χ1) is 13.0. The molecule has 0 aliphatic carbocycles. The van der Waals surface area contributed by atoms with Crippen molar-refractivity contribution in [2.75, 3.05) is 26.1 Å². The Morgan fingerprint density at radius 1 is 1.15 bits per heavy atom. The van der Waals surface area contributed by atoms with Gasteiger partial charge in [-0.05, 0) is 29.3 Å². The summed E-state index contributed by atoms with van der Waals surface area (Å²) in [5.41, 5.74) is 4.62. The van der Waals surface area contributed by atoms with E-state index in [1.54, 1.807) is 7.11 Å². The number of hydrogen-bond acceptors (Lipinski definition) is 3. The van der Waals surface area contributed by atoms with E-state index in [2.05, 4.69) is 52.1 Å². The van der Waals surface area contributed by atoms with Crippen LogP contribution >= 0.6 is 0 Å². The average Bonchev–Trinajstić information content (AvgIpc) is 3.01. The lowest BCUT2D eigenvalue weighted by molar-refractivity contribution is -0.114. The second-order valence-electron chi connectivity index (χ2n) is 6.96. The minimum atomic E-state index is -0.0127. The van der Waals surface area contributed by atoms with E-state index in [0.717, 1.165) is 11.3 Å². The Bertz CT molecular complexity index is 952. The first-order valence-electron chi connectivity index (χ1n) is 9.04. The SMILES string of the molecule is CO/C=C/C(=O)CC(c1ccc(N(C)C)cc1)c1cn(C)c2ccccc12. The fraction of sp³-hybridized carbons (Fsp3) is 0.261. The molecule has 0 aliphatic heterocycles. The molecule has 1 heterocycles. The number of fused-ring (bicyclic) bond motifs is 1. The van der Waals surface area contributed by atoms with Crippen LogP contribution in [0.2, 0.25) is 0 Å². The fourth-order valence-corrected chi connectivity index (χ4v) is 3.48. The smallest absolute Gasteiger partial charge is 0.159 e. The van der Waals surface area contributed by atoms with Gasteiger partial charge in [0.05, 0.1) is 13.4 Å². The molecule has 4 heteroatoms. The standard InChI is InChI=1S/C23H26N2O2/c1-24(2)18-11-9-17(10-12-18)21(15-19(26)13-14-27-4)22-16-25(3)23-8-6-5-7-20(22)23/h5-14,16,21H,15H2,1-4H3/b14-13+. The Morgan fingerprint density at radius 2 is 1.85 bits per heavy atom. The molecule has 1 aromatic heterocycles. The highest BCUT2D eigenvalue weighted by molar-refractivity contribution is 5.92. The van der Waals surface area contributed by atoms with Gasteiger partial charge in [-0.25, -0.2) is 0 Å². The molecule has 0 aliphatic rings. The van der Waals surface area contributed by atoms with Gasteiger partial charge in [-0.2, -0.15) is 0 Å². The van der Waals surface area contributed by atoms with Crippen molar-refractivity contribution in [3.05, 3.63) is 78.2 Å². The number of para-hydroxylation sites is 1. The molecular formula is C23H26N2O2. The van der Waals surface area contributed by atoms with Gasteiger partial charge in [-0.3, -0.25) is 4.79 Å². The van der Waals surface area contributed by atoms with Crippen LogP contribution in [0.4, 0.5) is 5.69 Å². The number of carbonyl (C=O) groups excluding carboxylic acids is 1. The predicted octanol–water partition coefficient (Wildman–Crippen LogP) is 4.50. The molecule has 0 amide bonds. The number of anilines is 1. The summed E-state index contributed by atoms with van der Waals surface area (Å²) in [5.74, 6) is 0.0350. The summed E-state index contributed by atoms with van der Waals surface area (Å²) in [7, 11) is 7.64. The Labute approximate surface area is 160 Å². The van der Waals surface area contributed by atoms with Gasteiger partial charge in [0, 0.05) is 62.3 Å². The van der Waals surface area contributed by atoms with Crippen molar-refractivity contribution in [2.24, 2.45) is 7.05 Å². The number of benzene rings is 2. The molecular weight excluding hydrogens is 336 g/mol. The molecule has 0 N–H and O–H groups in total. The molecule has 0 bridgehead atoms. The van der Waals surface area contributed by atoms with Crippen LogP contribution in [0.25, 0.3) is 10.9 Å². The normalized spacial score (nSPS) is 12.4. The summed E-state index contributed by atoms with van der Waals surface area (Å²) in [5, 5.41) is 1.19. The van der Waals surface area contributed by atoms with Gasteiger partial charge in [-0.15, -0.1) is 0 Å². The maximum Gasteiger partial charge on any atom is 0.159 e. The van der Waals surface area contributed by atoms with E-state index in [1.807, 2.05) is 33.3 Å². The van der Waals surface area contributed by atoms with Crippen LogP contribution in [0.1, 0.15) is 23.5 Å². The molecule has 0 spiro atoms. The lowest BCUT2D eigenvalue weighted by Crippen LogP contribution is -2.10. The minimum absolute atomic E-state index is 0.0127. The molecule has 0 fully saturated rings. The maximum atomic E-state index is 12.5. The third-order valence-electron chi connectivity index (χ3n) is 4.91. The third-order valence-corrected chi connectivity index (χ3v) is 4.91. The number of aromatic nitrogens is 1. The number of nitrogens with zero attached hydrogens (tertiary/aromatic N) is 2. The van der Waals surface area contributed by atoms with Gasteiger partial charge >= 0.3 is 0 Å². The van der Waals surface area contributed by atoms with Crippen LogP contribution in [0, 0.1) is 0 Å². The number of carbonyl (C=O) groups is 1. The summed E-state index contributed by atoms with van der Waals surface area (Å²) in [6.07, 6.45) is 5.49. The number of aryl methyl sites for hydroxylation is 1. The van der Waals surface area contributed by atoms with Crippen LogP contribution in [0.3, 0.4) is 0 Å². The highest BCUT2D eigenvalue weighted by Crippen LogP contribution is 2.35. The van der Waals surface area contributed by atoms with E-state index in [0.29, 0.717) is 6.42 Å². The molecule has 1 unspecified atom stereocenters. The highest BCUT2D eigenvalue weighted by Gasteiger charge is 2.21. The molecule has 27 heavy (non-hydrogen) atoms. The van der Waals surface area contributed by atoms with Gasteiger partial charge in [0.25, 0.3) is 0 Å². The van der Waals surface area contributed by atoms with Crippen molar-refractivity contribution >= 4 is 22.4 Å². The van der Waals surface area contributed by atoms with Crippen molar-refractivity contribution in [1.29, 1.82) is 0 Å². The molecule has 4 nitrogen and oxygen atoms in total. The predicted molar refractivity (Wildman–Crippen MR) is 111 cm³/mol. The minimum Gasteiger partial charge on any atom is -0.504 e. The summed E-state index contributed by atoms with van der Waals surface area (Å²) >= 11 is 0. The van der Waals surface area contributed by atoms with Crippen molar-refractivity contribution in [2.45, 2.75) is 12.3 Å².